The summed E-state index contributed by atoms with van der Waals surface area (Å²) in [5, 5.41) is 0. The van der Waals surface area contributed by atoms with Gasteiger partial charge in [-0.25, -0.2) is 25.3 Å². The molecule has 0 saturated heterocycles. The molecule has 0 heterocycles. The Morgan fingerprint density at radius 2 is 0.730 bits per heavy atom. The first kappa shape index (κ1) is 35.7. The third kappa shape index (κ3) is 9.75. The summed E-state index contributed by atoms with van der Waals surface area (Å²) in [7, 11) is -12.7. The summed E-state index contributed by atoms with van der Waals surface area (Å²) in [6.45, 7) is 9.92. The minimum Gasteiger partial charge on any atom is -0.747 e. The predicted octanol–water partition coefficient (Wildman–Crippen LogP) is 3.21. The fourth-order valence-electron chi connectivity index (χ4n) is 2.98. The first-order valence-corrected chi connectivity index (χ1v) is 15.2. The molecular formula is C24H33AlO9S3. The molecule has 3 aliphatic rings. The minimum absolute atomic E-state index is 0. The van der Waals surface area contributed by atoms with Gasteiger partial charge in [0.2, 0.25) is 0 Å². The minimum atomic E-state index is -4.23. The molecule has 0 saturated carbocycles. The molecule has 0 aromatic carbocycles. The molecule has 3 aliphatic carbocycles. The van der Waals surface area contributed by atoms with Crippen LogP contribution in [0.15, 0.2) is 71.4 Å². The molecule has 0 bridgehead atoms. The summed E-state index contributed by atoms with van der Waals surface area (Å²) in [6.07, 6.45) is 15.5. The Morgan fingerprint density at radius 3 is 0.838 bits per heavy atom. The van der Waals surface area contributed by atoms with Crippen molar-refractivity contribution in [2.45, 2.75) is 75.0 Å². The van der Waals surface area contributed by atoms with Gasteiger partial charge in [-0.05, 0) is 60.8 Å². The van der Waals surface area contributed by atoms with Crippen molar-refractivity contribution < 1.29 is 38.9 Å². The molecule has 0 amide bonds. The van der Waals surface area contributed by atoms with E-state index in [4.69, 9.17) is 0 Å². The Balaban J connectivity index is 0.000000518. The number of hydrogen-bond donors (Lipinski definition) is 0. The maximum Gasteiger partial charge on any atom is 3.00 e. The van der Waals surface area contributed by atoms with Crippen LogP contribution in [0.5, 0.6) is 0 Å². The third-order valence-electron chi connectivity index (χ3n) is 6.30. The zero-order chi connectivity index (χ0) is 28.2. The van der Waals surface area contributed by atoms with Crippen LogP contribution in [-0.2, 0) is 30.4 Å². The van der Waals surface area contributed by atoms with Crippen molar-refractivity contribution in [3.8, 4) is 0 Å². The van der Waals surface area contributed by atoms with E-state index in [1.165, 1.54) is 39.0 Å². The van der Waals surface area contributed by atoms with Crippen molar-refractivity contribution in [1.82, 2.24) is 0 Å². The molecule has 3 rings (SSSR count). The fourth-order valence-corrected chi connectivity index (χ4v) is 4.55. The second-order valence-corrected chi connectivity index (χ2v) is 15.3. The normalized spacial score (nSPS) is 29.3. The van der Waals surface area contributed by atoms with E-state index in [1.54, 1.807) is 36.5 Å². The van der Waals surface area contributed by atoms with Crippen molar-refractivity contribution in [3.05, 3.63) is 71.4 Å². The largest absolute Gasteiger partial charge is 3.00 e. The Kier molecular flexibility index (Phi) is 12.3. The third-order valence-corrected chi connectivity index (χ3v) is 10.6. The Labute approximate surface area is 232 Å². The molecule has 0 N–H and O–H groups in total. The molecule has 0 spiro atoms. The van der Waals surface area contributed by atoms with Gasteiger partial charge in [-0.2, -0.15) is 0 Å². The molecule has 3 atom stereocenters. The maximum absolute atomic E-state index is 10.8. The summed E-state index contributed by atoms with van der Waals surface area (Å²) in [6, 6.07) is 0. The van der Waals surface area contributed by atoms with E-state index in [-0.39, 0.29) is 36.6 Å². The van der Waals surface area contributed by atoms with Gasteiger partial charge in [0, 0.05) is 0 Å². The summed E-state index contributed by atoms with van der Waals surface area (Å²) in [5.41, 5.74) is 2.99. The Bertz CT molecular complexity index is 1180. The predicted molar refractivity (Wildman–Crippen MR) is 143 cm³/mol. The maximum atomic E-state index is 10.8. The second kappa shape index (κ2) is 12.7. The van der Waals surface area contributed by atoms with Gasteiger partial charge in [-0.3, -0.25) is 0 Å². The van der Waals surface area contributed by atoms with E-state index < -0.39 is 44.6 Å². The van der Waals surface area contributed by atoms with E-state index in [1.807, 2.05) is 20.8 Å². The molecule has 0 aliphatic heterocycles. The van der Waals surface area contributed by atoms with E-state index in [0.29, 0.717) is 0 Å². The van der Waals surface area contributed by atoms with Crippen LogP contribution in [0.3, 0.4) is 0 Å². The quantitative estimate of drug-likeness (QED) is 0.354. The summed E-state index contributed by atoms with van der Waals surface area (Å²) in [5.74, 6) is 0. The topological polar surface area (TPSA) is 172 Å². The van der Waals surface area contributed by atoms with Gasteiger partial charge >= 0.3 is 17.4 Å². The molecule has 13 heteroatoms. The Hall–Kier alpha value is -1.30. The van der Waals surface area contributed by atoms with Gasteiger partial charge in [0.25, 0.3) is 0 Å². The van der Waals surface area contributed by atoms with Gasteiger partial charge in [0.1, 0.15) is 30.4 Å². The van der Waals surface area contributed by atoms with Gasteiger partial charge < -0.3 is 13.7 Å². The van der Waals surface area contributed by atoms with Crippen molar-refractivity contribution in [2.75, 3.05) is 0 Å². The van der Waals surface area contributed by atoms with Crippen LogP contribution >= 0.6 is 0 Å². The zero-order valence-electron chi connectivity index (χ0n) is 21.8. The molecule has 0 aromatic rings. The van der Waals surface area contributed by atoms with Crippen LogP contribution in [0, 0.1) is 0 Å². The summed E-state index contributed by atoms with van der Waals surface area (Å²) in [4.78, 5) is 0. The summed E-state index contributed by atoms with van der Waals surface area (Å²) >= 11 is 0. The monoisotopic (exact) mass is 588 g/mol. The van der Waals surface area contributed by atoms with Crippen LogP contribution in [0.1, 0.15) is 60.8 Å². The summed E-state index contributed by atoms with van der Waals surface area (Å²) < 4.78 is 93.3. The molecule has 9 nitrogen and oxygen atoms in total. The average molecular weight is 589 g/mol. The van der Waals surface area contributed by atoms with Gasteiger partial charge in [-0.1, -0.05) is 71.4 Å². The molecule has 37 heavy (non-hydrogen) atoms. The van der Waals surface area contributed by atoms with E-state index in [9.17, 15) is 38.9 Å². The second-order valence-electron chi connectivity index (χ2n) is 9.76. The van der Waals surface area contributed by atoms with Gasteiger partial charge in [0.15, 0.2) is 0 Å². The van der Waals surface area contributed by atoms with Gasteiger partial charge in [0.05, 0.1) is 14.2 Å². The molecule has 0 aromatic heterocycles. The van der Waals surface area contributed by atoms with Crippen LogP contribution in [-0.4, -0.2) is 70.5 Å². The number of hydrogen-bond acceptors (Lipinski definition) is 9. The van der Waals surface area contributed by atoms with E-state index in [0.717, 1.165) is 16.7 Å². The van der Waals surface area contributed by atoms with Gasteiger partial charge in [-0.15, -0.1) is 0 Å². The van der Waals surface area contributed by atoms with E-state index in [2.05, 4.69) is 0 Å². The fraction of sp³-hybridized carbons (Fsp3) is 0.500. The van der Waals surface area contributed by atoms with Crippen molar-refractivity contribution in [1.29, 1.82) is 0 Å². The van der Waals surface area contributed by atoms with Crippen LogP contribution in [0.2, 0.25) is 0 Å². The van der Waals surface area contributed by atoms with Crippen LogP contribution in [0.25, 0.3) is 0 Å². The molecular weight excluding hydrogens is 555 g/mol. The SMILES string of the molecule is CC1=CCC(C)(S(=O)(=O)[O-])C=C1.CC1=CCC(C)(S(=O)(=O)[O-])C=C1.CC1=CCC(C)(S(=O)(=O)[O-])C=C1.[Al+3]. The number of allylic oxidation sites excluding steroid dienone is 9. The van der Waals surface area contributed by atoms with Crippen LogP contribution in [0.4, 0.5) is 0 Å². The number of rotatable bonds is 3. The first-order valence-electron chi connectivity index (χ1n) is 11.0. The smallest absolute Gasteiger partial charge is 0.747 e. The zero-order valence-corrected chi connectivity index (χ0v) is 25.4. The van der Waals surface area contributed by atoms with Crippen molar-refractivity contribution in [3.63, 3.8) is 0 Å². The van der Waals surface area contributed by atoms with Crippen molar-refractivity contribution >= 4 is 47.7 Å². The average Bonchev–Trinajstić information content (AvgIpc) is 2.73. The Morgan fingerprint density at radius 1 is 0.541 bits per heavy atom. The molecule has 0 fully saturated rings. The van der Waals surface area contributed by atoms with Crippen LogP contribution < -0.4 is 0 Å². The first-order chi connectivity index (χ1) is 16.1. The molecule has 3 unspecified atom stereocenters. The van der Waals surface area contributed by atoms with Crippen molar-refractivity contribution in [2.24, 2.45) is 0 Å². The standard InChI is InChI=1S/3C8H12O3S.Al/c3*1-7-3-5-8(2,6-4-7)12(9,10)11;/h3*3-5H,6H2,1-2H3,(H,9,10,11);/q;;;+3/p-3. The molecule has 204 valence electrons. The molecule has 0 radical (unpaired) electrons. The van der Waals surface area contributed by atoms with E-state index >= 15 is 0 Å².